The summed E-state index contributed by atoms with van der Waals surface area (Å²) in [5, 5.41) is 0.690. The Bertz CT molecular complexity index is 1080. The Morgan fingerprint density at radius 1 is 0.971 bits per heavy atom. The van der Waals surface area contributed by atoms with Crippen molar-refractivity contribution in [2.24, 2.45) is 0 Å². The van der Waals surface area contributed by atoms with Gasteiger partial charge in [0.2, 0.25) is 0 Å². The first-order valence-corrected chi connectivity index (χ1v) is 12.3. The molecule has 1 saturated heterocycles. The zero-order valence-electron chi connectivity index (χ0n) is 19.5. The van der Waals surface area contributed by atoms with E-state index in [9.17, 15) is 9.59 Å². The number of likely N-dealkylation sites (tertiary alicyclic amines) is 1. The van der Waals surface area contributed by atoms with Gasteiger partial charge in [0, 0.05) is 30.7 Å². The van der Waals surface area contributed by atoms with Crippen molar-refractivity contribution >= 4 is 23.5 Å². The first-order chi connectivity index (χ1) is 17.1. The van der Waals surface area contributed by atoms with Gasteiger partial charge in [0.15, 0.2) is 0 Å². The molecule has 2 heterocycles. The zero-order valence-corrected chi connectivity index (χ0v) is 20.3. The summed E-state index contributed by atoms with van der Waals surface area (Å²) in [4.78, 5) is 30.9. The number of hydrogen-bond acceptors (Lipinski definition) is 6. The van der Waals surface area contributed by atoms with Crippen LogP contribution in [0.4, 0.5) is 0 Å². The topological polar surface area (TPSA) is 68.7 Å². The molecule has 0 aliphatic carbocycles. The average Bonchev–Trinajstić information content (AvgIpc) is 2.90. The minimum atomic E-state index is -0.600. The van der Waals surface area contributed by atoms with E-state index < -0.39 is 11.9 Å². The molecule has 0 saturated carbocycles. The SMILES string of the molecule is O=C(CCCN1CCC(OC(c2ccc(Cl)cc2)c2ccccn2)CC1)OC(=O)c1ccccc1. The van der Waals surface area contributed by atoms with Crippen LogP contribution in [0.3, 0.4) is 0 Å². The summed E-state index contributed by atoms with van der Waals surface area (Å²) in [5.41, 5.74) is 2.28. The Balaban J connectivity index is 1.22. The molecule has 1 aliphatic heterocycles. The molecular weight excluding hydrogens is 464 g/mol. The summed E-state index contributed by atoms with van der Waals surface area (Å²) < 4.78 is 11.5. The molecule has 1 unspecified atom stereocenters. The van der Waals surface area contributed by atoms with Crippen molar-refractivity contribution in [1.82, 2.24) is 9.88 Å². The van der Waals surface area contributed by atoms with Crippen molar-refractivity contribution in [3.05, 3.63) is 101 Å². The monoisotopic (exact) mass is 492 g/mol. The molecule has 1 aromatic heterocycles. The molecule has 1 aliphatic rings. The third-order valence-corrected chi connectivity index (χ3v) is 6.32. The van der Waals surface area contributed by atoms with E-state index in [0.29, 0.717) is 17.0 Å². The van der Waals surface area contributed by atoms with Gasteiger partial charge in [-0.15, -0.1) is 0 Å². The highest BCUT2D eigenvalue weighted by atomic mass is 35.5. The lowest BCUT2D eigenvalue weighted by Gasteiger charge is -2.34. The van der Waals surface area contributed by atoms with E-state index in [1.165, 1.54) is 0 Å². The fraction of sp³-hybridized carbons (Fsp3) is 0.321. The van der Waals surface area contributed by atoms with Crippen molar-refractivity contribution < 1.29 is 19.1 Å². The molecule has 2 aromatic carbocycles. The van der Waals surface area contributed by atoms with Crippen LogP contribution >= 0.6 is 11.6 Å². The molecule has 6 nitrogen and oxygen atoms in total. The van der Waals surface area contributed by atoms with Crippen molar-refractivity contribution in [2.75, 3.05) is 19.6 Å². The number of carbonyl (C=O) groups is 2. The standard InChI is InChI=1S/C28H29ClN2O4/c29-23-13-11-21(12-14-23)27(25-9-4-5-17-30-25)34-24-15-19-31(20-16-24)18-6-10-26(32)35-28(33)22-7-2-1-3-8-22/h1-5,7-9,11-14,17,24,27H,6,10,15-16,18-20H2. The van der Waals surface area contributed by atoms with Crippen LogP contribution in [0, 0.1) is 0 Å². The first-order valence-electron chi connectivity index (χ1n) is 11.9. The third kappa shape index (κ3) is 7.46. The van der Waals surface area contributed by atoms with Crippen molar-refractivity contribution in [3.63, 3.8) is 0 Å². The fourth-order valence-electron chi connectivity index (χ4n) is 4.18. The van der Waals surface area contributed by atoms with E-state index in [0.717, 1.165) is 43.7 Å². The van der Waals surface area contributed by atoms with Gasteiger partial charge in [-0.3, -0.25) is 9.78 Å². The van der Waals surface area contributed by atoms with Gasteiger partial charge in [0.25, 0.3) is 0 Å². The summed E-state index contributed by atoms with van der Waals surface area (Å²) in [6.45, 7) is 2.55. The van der Waals surface area contributed by atoms with Gasteiger partial charge in [-0.2, -0.15) is 0 Å². The Morgan fingerprint density at radius 3 is 2.37 bits per heavy atom. The minimum absolute atomic E-state index is 0.113. The molecule has 0 bridgehead atoms. The largest absolute Gasteiger partial charge is 0.389 e. The molecule has 0 N–H and O–H groups in total. The molecule has 1 fully saturated rings. The van der Waals surface area contributed by atoms with Crippen LogP contribution in [-0.2, 0) is 14.3 Å². The average molecular weight is 493 g/mol. The molecule has 0 amide bonds. The van der Waals surface area contributed by atoms with Crippen LogP contribution < -0.4 is 0 Å². The van der Waals surface area contributed by atoms with Gasteiger partial charge in [0.1, 0.15) is 6.10 Å². The third-order valence-electron chi connectivity index (χ3n) is 6.06. The number of halogens is 1. The van der Waals surface area contributed by atoms with Gasteiger partial charge in [-0.05, 0) is 67.8 Å². The minimum Gasteiger partial charge on any atom is -0.389 e. The predicted octanol–water partition coefficient (Wildman–Crippen LogP) is 5.47. The van der Waals surface area contributed by atoms with Gasteiger partial charge < -0.3 is 14.4 Å². The number of rotatable bonds is 9. The van der Waals surface area contributed by atoms with Crippen LogP contribution in [0.2, 0.25) is 5.02 Å². The van der Waals surface area contributed by atoms with Crippen LogP contribution in [0.25, 0.3) is 0 Å². The van der Waals surface area contributed by atoms with Crippen LogP contribution in [0.5, 0.6) is 0 Å². The van der Waals surface area contributed by atoms with Gasteiger partial charge in [-0.1, -0.05) is 48.0 Å². The van der Waals surface area contributed by atoms with Crippen LogP contribution in [0.15, 0.2) is 79.0 Å². The van der Waals surface area contributed by atoms with E-state index in [-0.39, 0.29) is 18.6 Å². The molecule has 4 rings (SSSR count). The highest BCUT2D eigenvalue weighted by Gasteiger charge is 2.25. The lowest BCUT2D eigenvalue weighted by atomic mass is 10.0. The first kappa shape index (κ1) is 25.0. The second-order valence-corrected chi connectivity index (χ2v) is 9.03. The maximum atomic E-state index is 12.0. The summed E-state index contributed by atoms with van der Waals surface area (Å²) >= 11 is 6.08. The summed E-state index contributed by atoms with van der Waals surface area (Å²) in [6, 6.07) is 22.1. The van der Waals surface area contributed by atoms with Crippen LogP contribution in [-0.4, -0.2) is 47.6 Å². The maximum absolute atomic E-state index is 12.0. The quantitative estimate of drug-likeness (QED) is 0.291. The summed E-state index contributed by atoms with van der Waals surface area (Å²) in [7, 11) is 0. The molecule has 0 radical (unpaired) electrons. The smallest absolute Gasteiger partial charge is 0.345 e. The molecule has 1 atom stereocenters. The second-order valence-electron chi connectivity index (χ2n) is 8.59. The van der Waals surface area contributed by atoms with Gasteiger partial charge in [-0.25, -0.2) is 4.79 Å². The van der Waals surface area contributed by atoms with E-state index >= 15 is 0 Å². The number of benzene rings is 2. The Hall–Kier alpha value is -3.06. The Kier molecular flexibility index (Phi) is 9.01. The Morgan fingerprint density at radius 2 is 1.69 bits per heavy atom. The van der Waals surface area contributed by atoms with Crippen molar-refractivity contribution in [3.8, 4) is 0 Å². The molecule has 0 spiro atoms. The second kappa shape index (κ2) is 12.6. The zero-order chi connectivity index (χ0) is 24.5. The molecule has 3 aromatic rings. The number of esters is 2. The number of ether oxygens (including phenoxy) is 2. The lowest BCUT2D eigenvalue weighted by molar-refractivity contribution is -0.138. The van der Waals surface area contributed by atoms with Gasteiger partial charge >= 0.3 is 11.9 Å². The number of piperidine rings is 1. The summed E-state index contributed by atoms with van der Waals surface area (Å²) in [5.74, 6) is -1.09. The number of aromatic nitrogens is 1. The normalized spacial score (nSPS) is 15.5. The Labute approximate surface area is 210 Å². The summed E-state index contributed by atoms with van der Waals surface area (Å²) in [6.07, 6.45) is 4.30. The lowest BCUT2D eigenvalue weighted by Crippen LogP contribution is -2.38. The molecule has 182 valence electrons. The maximum Gasteiger partial charge on any atom is 0.345 e. The molecule has 35 heavy (non-hydrogen) atoms. The van der Waals surface area contributed by atoms with E-state index in [4.69, 9.17) is 21.1 Å². The van der Waals surface area contributed by atoms with Crippen molar-refractivity contribution in [1.29, 1.82) is 0 Å². The number of nitrogens with zero attached hydrogens (tertiary/aromatic N) is 2. The predicted molar refractivity (Wildman–Crippen MR) is 134 cm³/mol. The highest BCUT2D eigenvalue weighted by molar-refractivity contribution is 6.30. The molecular formula is C28H29ClN2O4. The molecule has 7 heteroatoms. The number of pyridine rings is 1. The van der Waals surface area contributed by atoms with E-state index in [1.807, 2.05) is 48.5 Å². The van der Waals surface area contributed by atoms with E-state index in [2.05, 4.69) is 9.88 Å². The highest BCUT2D eigenvalue weighted by Crippen LogP contribution is 2.29. The fourth-order valence-corrected chi connectivity index (χ4v) is 4.31. The van der Waals surface area contributed by atoms with Crippen LogP contribution in [0.1, 0.15) is 53.4 Å². The number of carbonyl (C=O) groups excluding carboxylic acids is 2. The van der Waals surface area contributed by atoms with Crippen molar-refractivity contribution in [2.45, 2.75) is 37.9 Å². The van der Waals surface area contributed by atoms with E-state index in [1.54, 1.807) is 30.5 Å². The van der Waals surface area contributed by atoms with Gasteiger partial charge in [0.05, 0.1) is 17.4 Å². The number of hydrogen-bond donors (Lipinski definition) is 0.